The predicted octanol–water partition coefficient (Wildman–Crippen LogP) is 0.715. The molecule has 0 saturated carbocycles. The van der Waals surface area contributed by atoms with Gasteiger partial charge < -0.3 is 15.0 Å². The summed E-state index contributed by atoms with van der Waals surface area (Å²) in [7, 11) is 0. The molecule has 1 aliphatic rings. The van der Waals surface area contributed by atoms with Gasteiger partial charge in [0.1, 0.15) is 13.1 Å². The smallest absolute Gasteiger partial charge is 0.187 e. The molecular weight excluding hydrogens is 320 g/mol. The van der Waals surface area contributed by atoms with Crippen molar-refractivity contribution in [3.8, 4) is 0 Å². The van der Waals surface area contributed by atoms with Gasteiger partial charge >= 0.3 is 0 Å². The van der Waals surface area contributed by atoms with E-state index in [9.17, 15) is 0 Å². The summed E-state index contributed by atoms with van der Waals surface area (Å²) in [5.41, 5.74) is 8.86. The summed E-state index contributed by atoms with van der Waals surface area (Å²) >= 11 is 5.31. The topological polar surface area (TPSA) is 50.1 Å². The number of quaternary nitrogens is 1. The van der Waals surface area contributed by atoms with E-state index in [0.29, 0.717) is 5.11 Å². The second-order valence-electron chi connectivity index (χ2n) is 6.45. The molecule has 0 bridgehead atoms. The van der Waals surface area contributed by atoms with E-state index in [1.807, 2.05) is 6.92 Å². The number of nitrogens with zero attached hydrogens (tertiary/aromatic N) is 1. The molecule has 24 heavy (non-hydrogen) atoms. The third-order valence-corrected chi connectivity index (χ3v) is 4.56. The van der Waals surface area contributed by atoms with Gasteiger partial charge in [0.15, 0.2) is 5.11 Å². The molecule has 0 radical (unpaired) electrons. The van der Waals surface area contributed by atoms with E-state index < -0.39 is 0 Å². The van der Waals surface area contributed by atoms with Crippen molar-refractivity contribution in [3.63, 3.8) is 0 Å². The van der Waals surface area contributed by atoms with Gasteiger partial charge in [0, 0.05) is 5.56 Å². The van der Waals surface area contributed by atoms with Gasteiger partial charge in [-0.3, -0.25) is 5.43 Å². The Hall–Kier alpha value is -1.50. The van der Waals surface area contributed by atoms with Crippen molar-refractivity contribution in [1.82, 2.24) is 10.7 Å². The molecule has 1 aliphatic heterocycles. The molecule has 1 aromatic rings. The first-order chi connectivity index (χ1) is 11.5. The third kappa shape index (κ3) is 5.54. The molecule has 1 heterocycles. The minimum absolute atomic E-state index is 0.574. The zero-order valence-electron chi connectivity index (χ0n) is 15.2. The molecule has 3 N–H and O–H groups in total. The summed E-state index contributed by atoms with van der Waals surface area (Å²) in [5, 5.41) is 8.25. The van der Waals surface area contributed by atoms with Crippen molar-refractivity contribution in [3.05, 3.63) is 34.4 Å². The Morgan fingerprint density at radius 1 is 1.21 bits per heavy atom. The summed E-state index contributed by atoms with van der Waals surface area (Å²) < 4.78 is 5.36. The lowest BCUT2D eigenvalue weighted by molar-refractivity contribution is -0.906. The maximum absolute atomic E-state index is 5.36. The molecule has 0 amide bonds. The maximum atomic E-state index is 5.36. The molecule has 5 nitrogen and oxygen atoms in total. The summed E-state index contributed by atoms with van der Waals surface area (Å²) in [6.07, 6.45) is 0. The number of hydrogen-bond acceptors (Lipinski definition) is 3. The Morgan fingerprint density at radius 2 is 1.83 bits per heavy atom. The van der Waals surface area contributed by atoms with E-state index in [4.69, 9.17) is 17.0 Å². The van der Waals surface area contributed by atoms with E-state index in [1.54, 1.807) is 4.90 Å². The minimum Gasteiger partial charge on any atom is -0.370 e. The van der Waals surface area contributed by atoms with Crippen LogP contribution >= 0.6 is 12.2 Å². The third-order valence-electron chi connectivity index (χ3n) is 4.33. The Bertz CT molecular complexity index is 586. The van der Waals surface area contributed by atoms with Crippen LogP contribution in [0.15, 0.2) is 17.2 Å². The van der Waals surface area contributed by atoms with E-state index >= 15 is 0 Å². The Kier molecular flexibility index (Phi) is 7.15. The molecule has 0 aliphatic carbocycles. The van der Waals surface area contributed by atoms with Crippen LogP contribution in [0.3, 0.4) is 0 Å². The number of aryl methyl sites for hydroxylation is 3. The van der Waals surface area contributed by atoms with Gasteiger partial charge in [0.2, 0.25) is 0 Å². The van der Waals surface area contributed by atoms with Gasteiger partial charge in [-0.15, -0.1) is 0 Å². The van der Waals surface area contributed by atoms with Gasteiger partial charge in [-0.05, 0) is 51.0 Å². The lowest BCUT2D eigenvalue weighted by Gasteiger charge is -2.23. The zero-order chi connectivity index (χ0) is 17.5. The molecule has 0 unspecified atom stereocenters. The number of thiocarbonyl (C=S) groups is 1. The minimum atomic E-state index is 0.574. The van der Waals surface area contributed by atoms with Crippen molar-refractivity contribution in [2.75, 3.05) is 39.4 Å². The molecule has 132 valence electrons. The second-order valence-corrected chi connectivity index (χ2v) is 6.86. The maximum Gasteiger partial charge on any atom is 0.187 e. The van der Waals surface area contributed by atoms with E-state index in [1.165, 1.54) is 22.3 Å². The number of benzene rings is 1. The summed E-state index contributed by atoms with van der Waals surface area (Å²) in [6.45, 7) is 14.1. The Labute approximate surface area is 150 Å². The first-order valence-electron chi connectivity index (χ1n) is 8.55. The molecule has 1 saturated heterocycles. The number of ether oxygens (including phenoxy) is 1. The molecule has 2 rings (SSSR count). The Balaban J connectivity index is 1.82. The monoisotopic (exact) mass is 349 g/mol. The quantitative estimate of drug-likeness (QED) is 0.416. The van der Waals surface area contributed by atoms with Crippen LogP contribution in [0.5, 0.6) is 0 Å². The summed E-state index contributed by atoms with van der Waals surface area (Å²) in [5.74, 6) is 0. The average molecular weight is 350 g/mol. The number of rotatable bonds is 5. The molecule has 0 atom stereocenters. The van der Waals surface area contributed by atoms with Crippen LogP contribution in [0.1, 0.15) is 29.2 Å². The fourth-order valence-corrected chi connectivity index (χ4v) is 3.39. The SMILES string of the molecule is C/C(=N/NC(=S)NCC[NH+]1CCOCC1)c1c(C)cc(C)cc1C. The largest absolute Gasteiger partial charge is 0.370 e. The Morgan fingerprint density at radius 3 is 2.46 bits per heavy atom. The van der Waals surface area contributed by atoms with Crippen LogP contribution < -0.4 is 15.6 Å². The fourth-order valence-electron chi connectivity index (χ4n) is 3.24. The number of hydrazone groups is 1. The normalized spacial score (nSPS) is 16.1. The van der Waals surface area contributed by atoms with Crippen LogP contribution in [-0.2, 0) is 4.74 Å². The average Bonchev–Trinajstić information content (AvgIpc) is 2.53. The zero-order valence-corrected chi connectivity index (χ0v) is 16.0. The standard InChI is InChI=1S/C18H28N4OS/c1-13-11-14(2)17(15(3)12-13)16(4)20-21-18(24)19-5-6-22-7-9-23-10-8-22/h11-12H,5-10H2,1-4H3,(H2,19,21,24)/p+1/b20-16-. The molecule has 1 aromatic carbocycles. The molecule has 6 heteroatoms. The number of nitrogens with one attached hydrogen (secondary N) is 3. The summed E-state index contributed by atoms with van der Waals surface area (Å²) in [6, 6.07) is 4.37. The highest BCUT2D eigenvalue weighted by atomic mass is 32.1. The van der Waals surface area contributed by atoms with Gasteiger partial charge in [-0.1, -0.05) is 17.7 Å². The lowest BCUT2D eigenvalue weighted by Crippen LogP contribution is -3.14. The highest BCUT2D eigenvalue weighted by Crippen LogP contribution is 2.17. The molecule has 0 spiro atoms. The highest BCUT2D eigenvalue weighted by molar-refractivity contribution is 7.80. The molecule has 0 aromatic heterocycles. The van der Waals surface area contributed by atoms with Crippen LogP contribution in [0, 0.1) is 20.8 Å². The van der Waals surface area contributed by atoms with Crippen molar-refractivity contribution in [2.45, 2.75) is 27.7 Å². The first kappa shape index (κ1) is 18.8. The molecular formula is C18H29N4OS+. The second kappa shape index (κ2) is 9.11. The van der Waals surface area contributed by atoms with Crippen molar-refractivity contribution < 1.29 is 9.64 Å². The molecule has 1 fully saturated rings. The number of morpholine rings is 1. The first-order valence-corrected chi connectivity index (χ1v) is 8.96. The van der Waals surface area contributed by atoms with Gasteiger partial charge in [-0.2, -0.15) is 5.10 Å². The van der Waals surface area contributed by atoms with Crippen molar-refractivity contribution in [1.29, 1.82) is 0 Å². The van der Waals surface area contributed by atoms with E-state index in [-0.39, 0.29) is 0 Å². The number of hydrogen-bond donors (Lipinski definition) is 3. The highest BCUT2D eigenvalue weighted by Gasteiger charge is 2.13. The van der Waals surface area contributed by atoms with Crippen LogP contribution in [0.4, 0.5) is 0 Å². The van der Waals surface area contributed by atoms with E-state index in [2.05, 4.69) is 48.7 Å². The summed E-state index contributed by atoms with van der Waals surface area (Å²) in [4.78, 5) is 1.56. The van der Waals surface area contributed by atoms with Gasteiger partial charge in [0.25, 0.3) is 0 Å². The van der Waals surface area contributed by atoms with Gasteiger partial charge in [-0.25, -0.2) is 0 Å². The van der Waals surface area contributed by atoms with Gasteiger partial charge in [0.05, 0.1) is 32.0 Å². The van der Waals surface area contributed by atoms with E-state index in [0.717, 1.165) is 45.1 Å². The lowest BCUT2D eigenvalue weighted by atomic mass is 9.97. The fraction of sp³-hybridized carbons (Fsp3) is 0.556. The van der Waals surface area contributed by atoms with Crippen molar-refractivity contribution in [2.24, 2.45) is 5.10 Å². The van der Waals surface area contributed by atoms with Crippen LogP contribution in [0.2, 0.25) is 0 Å². The van der Waals surface area contributed by atoms with Crippen molar-refractivity contribution >= 4 is 23.0 Å². The van der Waals surface area contributed by atoms with Crippen LogP contribution in [-0.4, -0.2) is 50.2 Å². The predicted molar refractivity (Wildman–Crippen MR) is 103 cm³/mol. The van der Waals surface area contributed by atoms with Crippen LogP contribution in [0.25, 0.3) is 0 Å².